The van der Waals surface area contributed by atoms with Crippen molar-refractivity contribution in [2.45, 2.75) is 79.1 Å². The highest BCUT2D eigenvalue weighted by atomic mass is 16.8. The van der Waals surface area contributed by atoms with Crippen molar-refractivity contribution >= 4 is 18.4 Å². The molecule has 0 rings (SSSR count). The van der Waals surface area contributed by atoms with Gasteiger partial charge in [-0.1, -0.05) is 0 Å². The summed E-state index contributed by atoms with van der Waals surface area (Å²) in [5, 5.41) is 18.6. The van der Waals surface area contributed by atoms with E-state index in [0.29, 0.717) is 0 Å². The molecule has 0 radical (unpaired) electrons. The molecule has 30 heavy (non-hydrogen) atoms. The lowest BCUT2D eigenvalue weighted by atomic mass is 10.2. The molecule has 11 nitrogen and oxygen atoms in total. The molecule has 5 N–H and O–H groups in total. The van der Waals surface area contributed by atoms with E-state index in [1.54, 1.807) is 67.6 Å². The molecule has 0 saturated carbocycles. The molecule has 0 fully saturated rings. The van der Waals surface area contributed by atoms with Gasteiger partial charge in [0.2, 0.25) is 0 Å². The van der Waals surface area contributed by atoms with Gasteiger partial charge in [-0.05, 0) is 62.3 Å². The minimum absolute atomic E-state index is 0.695. The Morgan fingerprint density at radius 3 is 1.37 bits per heavy atom. The molecule has 0 aromatic heterocycles. The second-order valence-corrected chi connectivity index (χ2v) is 8.15. The van der Waals surface area contributed by atoms with Gasteiger partial charge in [0, 0.05) is 15.7 Å². The van der Waals surface area contributed by atoms with Gasteiger partial charge in [-0.15, -0.1) is 0 Å². The number of ether oxygens (including phenoxy) is 4. The summed E-state index contributed by atoms with van der Waals surface area (Å²) < 4.78 is 71.5. The number of hydrogen-bond acceptors (Lipinski definition) is 10. The summed E-state index contributed by atoms with van der Waals surface area (Å²) in [6.07, 6.45) is -3.25. The first kappa shape index (κ1) is 18.6. The molecular formula is C19H40N2O9. The van der Waals surface area contributed by atoms with Crippen LogP contribution >= 0.6 is 0 Å². The van der Waals surface area contributed by atoms with Crippen LogP contribution < -0.4 is 11.1 Å². The van der Waals surface area contributed by atoms with E-state index in [9.17, 15) is 14.4 Å². The monoisotopic (exact) mass is 448 g/mol. The third-order valence-corrected chi connectivity index (χ3v) is 1.63. The second kappa shape index (κ2) is 15.7. The Hall–Kier alpha value is -2.11. The van der Waals surface area contributed by atoms with Crippen LogP contribution in [0.1, 0.15) is 73.3 Å². The fraction of sp³-hybridized carbons (Fsp3) is 0.842. The van der Waals surface area contributed by atoms with Crippen LogP contribution in [-0.4, -0.2) is 71.5 Å². The fourth-order valence-corrected chi connectivity index (χ4v) is 0.992. The minimum Gasteiger partial charge on any atom is -0.444 e. The summed E-state index contributed by atoms with van der Waals surface area (Å²) in [5.74, 6) is 0. The maximum atomic E-state index is 11.1. The van der Waals surface area contributed by atoms with Gasteiger partial charge in [-0.25, -0.2) is 14.4 Å². The van der Waals surface area contributed by atoms with Gasteiger partial charge in [0.1, 0.15) is 16.8 Å². The summed E-state index contributed by atoms with van der Waals surface area (Å²) in [6, 6.07) is 0. The summed E-state index contributed by atoms with van der Waals surface area (Å²) in [6.45, 7) is 3.05. The average Bonchev–Trinajstić information content (AvgIpc) is 2.45. The number of amides is 1. The van der Waals surface area contributed by atoms with Gasteiger partial charge in [-0.3, -0.25) is 0 Å². The standard InChI is InChI=1S/C10H18O5.C7H15NO3.C2H7NO/c1-9(2,3)14-7(11)13-8(12)15-10(4,5)6;1-7(2,3)11-6(10)8-4-5-9;3-1-2-4/h1-6H3;9H,4-5H2,1-3H3,(H,8,10);4H,1-3H2/i;4D2,5D2;1D2,2D2. The number of alkyl carbamates (subject to hydrolysis) is 1. The molecule has 11 heteroatoms. The molecule has 0 aromatic carbocycles. The third kappa shape index (κ3) is 33.5. The van der Waals surface area contributed by atoms with Crippen LogP contribution in [0.25, 0.3) is 0 Å². The molecule has 0 atom stereocenters. The zero-order valence-electron chi connectivity index (χ0n) is 26.8. The van der Waals surface area contributed by atoms with E-state index in [1.165, 1.54) is 0 Å². The zero-order valence-corrected chi connectivity index (χ0v) is 18.8. The summed E-state index contributed by atoms with van der Waals surface area (Å²) in [7, 11) is 0. The van der Waals surface area contributed by atoms with Crippen LogP contribution in [0.15, 0.2) is 0 Å². The van der Waals surface area contributed by atoms with E-state index < -0.39 is 61.3 Å². The maximum Gasteiger partial charge on any atom is 0.519 e. The lowest BCUT2D eigenvalue weighted by Gasteiger charge is -2.20. The lowest BCUT2D eigenvalue weighted by Crippen LogP contribution is -2.33. The van der Waals surface area contributed by atoms with Crippen molar-refractivity contribution in [2.75, 3.05) is 26.1 Å². The predicted octanol–water partition coefficient (Wildman–Crippen LogP) is 2.31. The molecule has 0 heterocycles. The fourth-order valence-electron chi connectivity index (χ4n) is 0.992. The third-order valence-electron chi connectivity index (χ3n) is 1.63. The number of carbonyl (C=O) groups excluding carboxylic acids is 3. The molecule has 0 aliphatic heterocycles. The van der Waals surface area contributed by atoms with Crippen LogP contribution in [0.4, 0.5) is 14.4 Å². The highest BCUT2D eigenvalue weighted by molar-refractivity contribution is 5.77. The van der Waals surface area contributed by atoms with Crippen LogP contribution in [0.2, 0.25) is 0 Å². The van der Waals surface area contributed by atoms with E-state index in [1.807, 2.05) is 0 Å². The van der Waals surface area contributed by atoms with Crippen LogP contribution in [0.3, 0.4) is 0 Å². The molecule has 0 bridgehead atoms. The Morgan fingerprint density at radius 2 is 1.13 bits per heavy atom. The highest BCUT2D eigenvalue weighted by Gasteiger charge is 2.24. The van der Waals surface area contributed by atoms with Gasteiger partial charge in [-0.2, -0.15) is 0 Å². The van der Waals surface area contributed by atoms with Crippen LogP contribution in [0, 0.1) is 0 Å². The largest absolute Gasteiger partial charge is 0.519 e. The Labute approximate surface area is 190 Å². The molecule has 0 unspecified atom stereocenters. The van der Waals surface area contributed by atoms with E-state index >= 15 is 0 Å². The van der Waals surface area contributed by atoms with Crippen molar-refractivity contribution < 1.29 is 54.5 Å². The number of rotatable bonds is 3. The number of carbonyl (C=O) groups is 3. The molecule has 0 aliphatic rings. The van der Waals surface area contributed by atoms with Crippen LogP contribution in [-0.2, 0) is 18.9 Å². The van der Waals surface area contributed by atoms with E-state index in [2.05, 4.69) is 10.5 Å². The topological polar surface area (TPSA) is 167 Å². The maximum absolute atomic E-state index is 11.1. The first-order valence-corrected chi connectivity index (χ1v) is 8.48. The number of nitrogens with two attached hydrogens (primary N) is 1. The minimum atomic E-state index is -3.18. The summed E-state index contributed by atoms with van der Waals surface area (Å²) in [5.41, 5.74) is 2.31. The molecule has 0 aliphatic carbocycles. The van der Waals surface area contributed by atoms with Crippen molar-refractivity contribution in [3.63, 3.8) is 0 Å². The normalized spacial score (nSPS) is 16.8. The quantitative estimate of drug-likeness (QED) is 0.286. The molecule has 0 saturated heterocycles. The van der Waals surface area contributed by atoms with E-state index in [-0.39, 0.29) is 0 Å². The Balaban J connectivity index is -0.000000508. The van der Waals surface area contributed by atoms with Crippen molar-refractivity contribution in [2.24, 2.45) is 5.73 Å². The summed E-state index contributed by atoms with van der Waals surface area (Å²) in [4.78, 5) is 33.1. The Morgan fingerprint density at radius 1 is 0.800 bits per heavy atom. The summed E-state index contributed by atoms with van der Waals surface area (Å²) >= 11 is 0. The first-order valence-electron chi connectivity index (χ1n) is 12.5. The van der Waals surface area contributed by atoms with Gasteiger partial charge in [0.25, 0.3) is 0 Å². The van der Waals surface area contributed by atoms with Crippen molar-refractivity contribution in [3.8, 4) is 0 Å². The number of aliphatic hydroxyl groups is 2. The predicted molar refractivity (Wildman–Crippen MR) is 111 cm³/mol. The van der Waals surface area contributed by atoms with Gasteiger partial charge >= 0.3 is 18.4 Å². The molecule has 0 aromatic rings. The van der Waals surface area contributed by atoms with Crippen molar-refractivity contribution in [1.82, 2.24) is 5.32 Å². The van der Waals surface area contributed by atoms with Gasteiger partial charge in [0.15, 0.2) is 0 Å². The Kier molecular flexibility index (Phi) is 9.75. The zero-order chi connectivity index (χ0) is 31.8. The Bertz CT molecular complexity index is 736. The van der Waals surface area contributed by atoms with E-state index in [0.717, 1.165) is 0 Å². The van der Waals surface area contributed by atoms with E-state index in [4.69, 9.17) is 35.4 Å². The molecular weight excluding hydrogens is 400 g/mol. The SMILES string of the molecule is CC(C)(C)OC(=O)OC(=O)OC(C)(C)C.[2H]C([2H])(N)C([2H])([2H])O.[2H]C([2H])(O)C([2H])([2H])NC(=O)OC(C)(C)C. The number of nitrogens with one attached hydrogen (secondary N) is 1. The smallest absolute Gasteiger partial charge is 0.444 e. The average molecular weight is 449 g/mol. The first-order chi connectivity index (χ1) is 16.1. The van der Waals surface area contributed by atoms with Gasteiger partial charge in [0.05, 0.1) is 21.3 Å². The number of hydrogen-bond donors (Lipinski definition) is 4. The van der Waals surface area contributed by atoms with Crippen molar-refractivity contribution in [3.05, 3.63) is 0 Å². The van der Waals surface area contributed by atoms with Crippen LogP contribution in [0.5, 0.6) is 0 Å². The molecule has 0 spiro atoms. The molecule has 1 amide bonds. The molecule has 180 valence electrons. The van der Waals surface area contributed by atoms with Crippen molar-refractivity contribution in [1.29, 1.82) is 0 Å². The lowest BCUT2D eigenvalue weighted by molar-refractivity contribution is -0.0294. The van der Waals surface area contributed by atoms with Gasteiger partial charge < -0.3 is 40.2 Å². The highest BCUT2D eigenvalue weighted by Crippen LogP contribution is 2.11. The second-order valence-electron chi connectivity index (χ2n) is 8.15.